The van der Waals surface area contributed by atoms with Gasteiger partial charge < -0.3 is 14.6 Å². The lowest BCUT2D eigenvalue weighted by Gasteiger charge is -2.28. The number of hydrogen-bond donors (Lipinski definition) is 1. The molecule has 1 fully saturated rings. The maximum Gasteiger partial charge on any atom is 0.297 e. The lowest BCUT2D eigenvalue weighted by atomic mass is 10.2. The third-order valence-corrected chi connectivity index (χ3v) is 2.02. The summed E-state index contributed by atoms with van der Waals surface area (Å²) in [4.78, 5) is 6.46. The van der Waals surface area contributed by atoms with E-state index < -0.39 is 0 Å². The quantitative estimate of drug-likeness (QED) is 0.716. The van der Waals surface area contributed by atoms with Crippen molar-refractivity contribution >= 4 is 6.01 Å². The van der Waals surface area contributed by atoms with Gasteiger partial charge in [-0.2, -0.15) is 4.98 Å². The number of anilines is 1. The summed E-state index contributed by atoms with van der Waals surface area (Å²) in [5, 5.41) is 3.03. The van der Waals surface area contributed by atoms with E-state index in [1.807, 2.05) is 7.05 Å². The Morgan fingerprint density at radius 1 is 1.67 bits per heavy atom. The predicted molar refractivity (Wildman–Crippen MR) is 46.1 cm³/mol. The van der Waals surface area contributed by atoms with Crippen molar-refractivity contribution in [3.63, 3.8) is 0 Å². The zero-order chi connectivity index (χ0) is 8.39. The highest BCUT2D eigenvalue weighted by Gasteiger charge is 2.18. The van der Waals surface area contributed by atoms with Crippen molar-refractivity contribution in [3.05, 3.63) is 12.0 Å². The van der Waals surface area contributed by atoms with Crippen molar-refractivity contribution in [1.29, 1.82) is 0 Å². The van der Waals surface area contributed by atoms with Crippen molar-refractivity contribution in [2.24, 2.45) is 0 Å². The first-order chi connectivity index (χ1) is 5.90. The molecule has 1 aromatic heterocycles. The standard InChI is InChI=1S/C8H13N3O/c1-9-5-7-6-12-8(10-7)11-3-2-4-11/h6,9H,2-5H2,1H3. The van der Waals surface area contributed by atoms with Crippen LogP contribution in [0.3, 0.4) is 0 Å². The summed E-state index contributed by atoms with van der Waals surface area (Å²) in [7, 11) is 1.90. The van der Waals surface area contributed by atoms with E-state index >= 15 is 0 Å². The maximum atomic E-state index is 5.30. The first-order valence-electron chi connectivity index (χ1n) is 4.24. The van der Waals surface area contributed by atoms with Gasteiger partial charge >= 0.3 is 0 Å². The molecule has 1 aromatic rings. The molecule has 1 saturated heterocycles. The van der Waals surface area contributed by atoms with Crippen molar-refractivity contribution < 1.29 is 4.42 Å². The molecule has 0 aromatic carbocycles. The second-order valence-electron chi connectivity index (χ2n) is 2.99. The largest absolute Gasteiger partial charge is 0.432 e. The maximum absolute atomic E-state index is 5.30. The van der Waals surface area contributed by atoms with Crippen LogP contribution in [0.25, 0.3) is 0 Å². The van der Waals surface area contributed by atoms with Crippen LogP contribution in [-0.4, -0.2) is 25.1 Å². The van der Waals surface area contributed by atoms with Gasteiger partial charge in [0.25, 0.3) is 6.01 Å². The molecule has 0 atom stereocenters. The van der Waals surface area contributed by atoms with Crippen molar-refractivity contribution in [2.45, 2.75) is 13.0 Å². The first-order valence-corrected chi connectivity index (χ1v) is 4.24. The molecule has 0 radical (unpaired) electrons. The van der Waals surface area contributed by atoms with E-state index in [2.05, 4.69) is 15.2 Å². The molecule has 66 valence electrons. The number of oxazole rings is 1. The Kier molecular flexibility index (Phi) is 1.99. The fraction of sp³-hybridized carbons (Fsp3) is 0.625. The van der Waals surface area contributed by atoms with E-state index in [4.69, 9.17) is 4.42 Å². The molecule has 4 nitrogen and oxygen atoms in total. The fourth-order valence-electron chi connectivity index (χ4n) is 1.21. The van der Waals surface area contributed by atoms with Crippen LogP contribution in [0, 0.1) is 0 Å². The molecular formula is C8H13N3O. The second-order valence-corrected chi connectivity index (χ2v) is 2.99. The molecule has 12 heavy (non-hydrogen) atoms. The number of nitrogens with one attached hydrogen (secondary N) is 1. The van der Waals surface area contributed by atoms with Gasteiger partial charge in [-0.05, 0) is 13.5 Å². The number of hydrogen-bond acceptors (Lipinski definition) is 4. The van der Waals surface area contributed by atoms with Crippen LogP contribution in [0.15, 0.2) is 10.7 Å². The summed E-state index contributed by atoms with van der Waals surface area (Å²) in [6.45, 7) is 2.94. The lowest BCUT2D eigenvalue weighted by molar-refractivity contribution is 0.489. The molecule has 1 aliphatic heterocycles. The van der Waals surface area contributed by atoms with Crippen LogP contribution < -0.4 is 10.2 Å². The lowest BCUT2D eigenvalue weighted by Crippen LogP contribution is -2.37. The van der Waals surface area contributed by atoms with Gasteiger partial charge in [0.05, 0.1) is 5.69 Å². The van der Waals surface area contributed by atoms with Gasteiger partial charge in [-0.3, -0.25) is 0 Å². The normalized spacial score (nSPS) is 16.2. The van der Waals surface area contributed by atoms with Gasteiger partial charge in [0, 0.05) is 19.6 Å². The molecule has 1 N–H and O–H groups in total. The average molecular weight is 167 g/mol. The zero-order valence-corrected chi connectivity index (χ0v) is 7.21. The molecule has 4 heteroatoms. The Morgan fingerprint density at radius 3 is 3.08 bits per heavy atom. The van der Waals surface area contributed by atoms with Gasteiger partial charge in [-0.1, -0.05) is 0 Å². The van der Waals surface area contributed by atoms with Crippen molar-refractivity contribution in [1.82, 2.24) is 10.3 Å². The van der Waals surface area contributed by atoms with Crippen LogP contribution >= 0.6 is 0 Å². The van der Waals surface area contributed by atoms with Crippen LogP contribution in [0.1, 0.15) is 12.1 Å². The Morgan fingerprint density at radius 2 is 2.50 bits per heavy atom. The Balaban J connectivity index is 2.02. The summed E-state index contributed by atoms with van der Waals surface area (Å²) >= 11 is 0. The topological polar surface area (TPSA) is 41.3 Å². The van der Waals surface area contributed by atoms with E-state index in [0.29, 0.717) is 0 Å². The van der Waals surface area contributed by atoms with Gasteiger partial charge in [0.15, 0.2) is 0 Å². The number of nitrogens with zero attached hydrogens (tertiary/aromatic N) is 2. The number of rotatable bonds is 3. The summed E-state index contributed by atoms with van der Waals surface area (Å²) in [5.41, 5.74) is 0.972. The molecular weight excluding hydrogens is 154 g/mol. The van der Waals surface area contributed by atoms with E-state index in [1.165, 1.54) is 6.42 Å². The summed E-state index contributed by atoms with van der Waals surface area (Å²) in [6, 6.07) is 0.770. The molecule has 0 spiro atoms. The third kappa shape index (κ3) is 1.30. The van der Waals surface area contributed by atoms with E-state index in [0.717, 1.165) is 31.3 Å². The Bertz CT molecular complexity index is 255. The SMILES string of the molecule is CNCc1coc(N2CCC2)n1. The van der Waals surface area contributed by atoms with Crippen LogP contribution in [0.2, 0.25) is 0 Å². The van der Waals surface area contributed by atoms with Gasteiger partial charge in [-0.15, -0.1) is 0 Å². The summed E-state index contributed by atoms with van der Waals surface area (Å²) in [5.74, 6) is 0. The highest BCUT2D eigenvalue weighted by Crippen LogP contribution is 2.18. The number of aromatic nitrogens is 1. The van der Waals surface area contributed by atoms with Gasteiger partial charge in [0.2, 0.25) is 0 Å². The Labute approximate surface area is 71.6 Å². The van der Waals surface area contributed by atoms with Crippen LogP contribution in [-0.2, 0) is 6.54 Å². The smallest absolute Gasteiger partial charge is 0.297 e. The van der Waals surface area contributed by atoms with Crippen LogP contribution in [0.4, 0.5) is 6.01 Å². The molecule has 0 unspecified atom stereocenters. The summed E-state index contributed by atoms with van der Waals surface area (Å²) < 4.78 is 5.30. The first kappa shape index (κ1) is 7.61. The third-order valence-electron chi connectivity index (χ3n) is 2.02. The van der Waals surface area contributed by atoms with Gasteiger partial charge in [0.1, 0.15) is 6.26 Å². The molecule has 0 bridgehead atoms. The van der Waals surface area contributed by atoms with Gasteiger partial charge in [-0.25, -0.2) is 0 Å². The van der Waals surface area contributed by atoms with E-state index in [9.17, 15) is 0 Å². The molecule has 1 aliphatic rings. The molecule has 2 rings (SSSR count). The van der Waals surface area contributed by atoms with E-state index in [1.54, 1.807) is 6.26 Å². The zero-order valence-electron chi connectivity index (χ0n) is 7.21. The predicted octanol–water partition coefficient (Wildman–Crippen LogP) is 0.604. The highest BCUT2D eigenvalue weighted by molar-refractivity contribution is 5.30. The minimum absolute atomic E-state index is 0.770. The minimum atomic E-state index is 0.770. The monoisotopic (exact) mass is 167 g/mol. The molecule has 0 saturated carbocycles. The second kappa shape index (κ2) is 3.15. The van der Waals surface area contributed by atoms with Crippen LogP contribution in [0.5, 0.6) is 0 Å². The van der Waals surface area contributed by atoms with E-state index in [-0.39, 0.29) is 0 Å². The molecule has 2 heterocycles. The van der Waals surface area contributed by atoms with Crippen molar-refractivity contribution in [3.8, 4) is 0 Å². The summed E-state index contributed by atoms with van der Waals surface area (Å²) in [6.07, 6.45) is 2.97. The van der Waals surface area contributed by atoms with Crippen molar-refractivity contribution in [2.75, 3.05) is 25.0 Å². The Hall–Kier alpha value is -1.03. The minimum Gasteiger partial charge on any atom is -0.432 e. The highest BCUT2D eigenvalue weighted by atomic mass is 16.4. The fourth-order valence-corrected chi connectivity index (χ4v) is 1.21. The molecule has 0 aliphatic carbocycles. The average Bonchev–Trinajstić information content (AvgIpc) is 2.34. The molecule has 0 amide bonds.